The number of carbonyl (C=O) groups is 2. The molecule has 188 valence electrons. The SMILES string of the molecule is COC(=O)c1cccc(NC(=O)N2Cc3c(sc4c3CCCC4)-n3cccc3[C@@H]2c2cccc(F)c2)c1. The number of carbonyl (C=O) groups excluding carboxylic acids is 2. The van der Waals surface area contributed by atoms with Crippen LogP contribution in [0.5, 0.6) is 0 Å². The van der Waals surface area contributed by atoms with Crippen molar-refractivity contribution >= 4 is 29.0 Å². The number of nitrogens with one attached hydrogen (secondary N) is 1. The third kappa shape index (κ3) is 4.21. The Morgan fingerprint density at radius 1 is 1.03 bits per heavy atom. The summed E-state index contributed by atoms with van der Waals surface area (Å²) in [5, 5.41) is 4.11. The van der Waals surface area contributed by atoms with Crippen LogP contribution in [0.3, 0.4) is 0 Å². The van der Waals surface area contributed by atoms with Gasteiger partial charge in [-0.1, -0.05) is 18.2 Å². The fraction of sp³-hybridized carbons (Fsp3) is 0.241. The molecule has 2 aromatic heterocycles. The van der Waals surface area contributed by atoms with Gasteiger partial charge in [0, 0.05) is 22.3 Å². The Kier molecular flexibility index (Phi) is 6.04. The van der Waals surface area contributed by atoms with Crippen molar-refractivity contribution in [2.45, 2.75) is 38.3 Å². The van der Waals surface area contributed by atoms with E-state index in [1.807, 2.05) is 24.4 Å². The van der Waals surface area contributed by atoms with Gasteiger partial charge in [0.2, 0.25) is 0 Å². The van der Waals surface area contributed by atoms with Gasteiger partial charge in [-0.2, -0.15) is 0 Å². The first-order chi connectivity index (χ1) is 18.0. The van der Waals surface area contributed by atoms with Crippen LogP contribution in [0.15, 0.2) is 66.9 Å². The van der Waals surface area contributed by atoms with Crippen LogP contribution in [0.1, 0.15) is 56.5 Å². The van der Waals surface area contributed by atoms with E-state index >= 15 is 0 Å². The number of urea groups is 1. The smallest absolute Gasteiger partial charge is 0.337 e. The number of benzene rings is 2. The zero-order chi connectivity index (χ0) is 25.5. The predicted octanol–water partition coefficient (Wildman–Crippen LogP) is 6.48. The highest BCUT2D eigenvalue weighted by Gasteiger charge is 2.36. The highest BCUT2D eigenvalue weighted by atomic mass is 32.1. The Hall–Kier alpha value is -3.91. The quantitative estimate of drug-likeness (QED) is 0.318. The number of ether oxygens (including phenoxy) is 1. The average molecular weight is 516 g/mol. The minimum Gasteiger partial charge on any atom is -0.465 e. The fourth-order valence-electron chi connectivity index (χ4n) is 5.45. The van der Waals surface area contributed by atoms with Crippen LogP contribution in [0.2, 0.25) is 0 Å². The zero-order valence-corrected chi connectivity index (χ0v) is 21.2. The van der Waals surface area contributed by atoms with Crippen LogP contribution in [0.4, 0.5) is 14.9 Å². The molecule has 37 heavy (non-hydrogen) atoms. The average Bonchev–Trinajstić information content (AvgIpc) is 3.50. The Morgan fingerprint density at radius 3 is 2.70 bits per heavy atom. The van der Waals surface area contributed by atoms with Crippen molar-refractivity contribution in [3.63, 3.8) is 0 Å². The van der Waals surface area contributed by atoms with Gasteiger partial charge in [-0.3, -0.25) is 0 Å². The number of anilines is 1. The molecular weight excluding hydrogens is 489 g/mol. The molecule has 4 aromatic rings. The summed E-state index contributed by atoms with van der Waals surface area (Å²) in [7, 11) is 1.32. The number of methoxy groups -OCH3 is 1. The van der Waals surface area contributed by atoms with E-state index in [0.717, 1.165) is 35.5 Å². The second-order valence-electron chi connectivity index (χ2n) is 9.39. The number of amides is 2. The minimum absolute atomic E-state index is 0.326. The topological polar surface area (TPSA) is 63.6 Å². The van der Waals surface area contributed by atoms with Gasteiger partial charge in [0.25, 0.3) is 0 Å². The number of rotatable bonds is 3. The summed E-state index contributed by atoms with van der Waals surface area (Å²) < 4.78 is 21.4. The van der Waals surface area contributed by atoms with Gasteiger partial charge >= 0.3 is 12.0 Å². The van der Waals surface area contributed by atoms with Crippen molar-refractivity contribution < 1.29 is 18.7 Å². The third-order valence-electron chi connectivity index (χ3n) is 7.14. The zero-order valence-electron chi connectivity index (χ0n) is 20.4. The summed E-state index contributed by atoms with van der Waals surface area (Å²) in [6.45, 7) is 0.395. The number of thiophene rings is 1. The standard InChI is InChI=1S/C29H26FN3O3S/c1-36-28(34)19-8-5-10-21(16-19)31-29(35)33-17-23-22-11-2-3-13-25(22)37-27(23)32-14-6-12-24(32)26(33)18-7-4-9-20(30)15-18/h4-10,12,14-16,26H,2-3,11,13,17H2,1H3,(H,31,35)/t26-/m0/s1. The number of aryl methyl sites for hydroxylation is 1. The molecule has 0 unspecified atom stereocenters. The van der Waals surface area contributed by atoms with Crippen LogP contribution in [0.25, 0.3) is 5.00 Å². The summed E-state index contributed by atoms with van der Waals surface area (Å²) in [5.74, 6) is -0.825. The normalized spacial score (nSPS) is 16.3. The molecule has 0 saturated carbocycles. The van der Waals surface area contributed by atoms with Gasteiger partial charge < -0.3 is 19.5 Å². The minimum atomic E-state index is -0.506. The van der Waals surface area contributed by atoms with Crippen molar-refractivity contribution in [2.75, 3.05) is 12.4 Å². The van der Waals surface area contributed by atoms with Crippen molar-refractivity contribution in [2.24, 2.45) is 0 Å². The highest BCUT2D eigenvalue weighted by molar-refractivity contribution is 7.15. The highest BCUT2D eigenvalue weighted by Crippen LogP contribution is 2.44. The van der Waals surface area contributed by atoms with Gasteiger partial charge in [0.1, 0.15) is 10.8 Å². The molecule has 2 aliphatic rings. The number of hydrogen-bond donors (Lipinski definition) is 1. The van der Waals surface area contributed by atoms with Crippen molar-refractivity contribution in [3.8, 4) is 5.00 Å². The summed E-state index contributed by atoms with van der Waals surface area (Å²) in [6.07, 6.45) is 6.40. The Balaban J connectivity index is 1.46. The van der Waals surface area contributed by atoms with E-state index in [0.29, 0.717) is 23.4 Å². The lowest BCUT2D eigenvalue weighted by Gasteiger charge is -2.31. The molecule has 6 rings (SSSR count). The number of aromatic nitrogens is 1. The molecule has 2 aromatic carbocycles. The van der Waals surface area contributed by atoms with Crippen molar-refractivity contribution in [1.82, 2.24) is 9.47 Å². The van der Waals surface area contributed by atoms with E-state index in [-0.39, 0.29) is 11.8 Å². The molecule has 1 aliphatic carbocycles. The first-order valence-corrected chi connectivity index (χ1v) is 13.2. The maximum atomic E-state index is 14.4. The van der Waals surface area contributed by atoms with Gasteiger partial charge in [0.15, 0.2) is 0 Å². The molecule has 0 saturated heterocycles. The van der Waals surface area contributed by atoms with Crippen LogP contribution in [0, 0.1) is 5.82 Å². The molecule has 3 heterocycles. The Morgan fingerprint density at radius 2 is 1.86 bits per heavy atom. The molecule has 2 amide bonds. The molecular formula is C29H26FN3O3S. The predicted molar refractivity (Wildman–Crippen MR) is 141 cm³/mol. The molecule has 1 atom stereocenters. The molecule has 0 radical (unpaired) electrons. The van der Waals surface area contributed by atoms with Crippen LogP contribution >= 0.6 is 11.3 Å². The number of hydrogen-bond acceptors (Lipinski definition) is 4. The Labute approximate surface area is 218 Å². The van der Waals surface area contributed by atoms with Crippen LogP contribution < -0.4 is 5.32 Å². The molecule has 1 N–H and O–H groups in total. The second kappa shape index (κ2) is 9.52. The molecule has 0 fully saturated rings. The van der Waals surface area contributed by atoms with Crippen molar-refractivity contribution in [3.05, 3.63) is 106 Å². The number of esters is 1. The van der Waals surface area contributed by atoms with Gasteiger partial charge in [-0.15, -0.1) is 11.3 Å². The van der Waals surface area contributed by atoms with E-state index in [4.69, 9.17) is 4.74 Å². The molecule has 8 heteroatoms. The summed E-state index contributed by atoms with van der Waals surface area (Å²) in [5.41, 5.74) is 4.94. The maximum absolute atomic E-state index is 14.4. The van der Waals surface area contributed by atoms with Crippen molar-refractivity contribution in [1.29, 1.82) is 0 Å². The lowest BCUT2D eigenvalue weighted by atomic mass is 9.95. The van der Waals surface area contributed by atoms with E-state index in [1.165, 1.54) is 36.1 Å². The van der Waals surface area contributed by atoms with Gasteiger partial charge in [-0.05, 0) is 79.3 Å². The van der Waals surface area contributed by atoms with Gasteiger partial charge in [-0.25, -0.2) is 14.0 Å². The largest absolute Gasteiger partial charge is 0.465 e. The first-order valence-electron chi connectivity index (χ1n) is 12.4. The summed E-state index contributed by atoms with van der Waals surface area (Å²) in [6, 6.07) is 16.3. The molecule has 0 bridgehead atoms. The van der Waals surface area contributed by atoms with E-state index < -0.39 is 12.0 Å². The first kappa shape index (κ1) is 23.5. The lowest BCUT2D eigenvalue weighted by Crippen LogP contribution is -2.38. The summed E-state index contributed by atoms with van der Waals surface area (Å²) in [4.78, 5) is 29.2. The number of halogens is 1. The third-order valence-corrected chi connectivity index (χ3v) is 8.47. The fourth-order valence-corrected chi connectivity index (χ4v) is 6.85. The number of fused-ring (bicyclic) bond motifs is 5. The van der Waals surface area contributed by atoms with E-state index in [1.54, 1.807) is 46.6 Å². The molecule has 6 nitrogen and oxygen atoms in total. The monoisotopic (exact) mass is 515 g/mol. The summed E-state index contributed by atoms with van der Waals surface area (Å²) >= 11 is 1.80. The van der Waals surface area contributed by atoms with E-state index in [2.05, 4.69) is 9.88 Å². The molecule has 0 spiro atoms. The maximum Gasteiger partial charge on any atom is 0.337 e. The second-order valence-corrected chi connectivity index (χ2v) is 10.5. The number of nitrogens with zero attached hydrogens (tertiary/aromatic N) is 2. The lowest BCUT2D eigenvalue weighted by molar-refractivity contribution is 0.0600. The molecule has 1 aliphatic heterocycles. The van der Waals surface area contributed by atoms with Gasteiger partial charge in [0.05, 0.1) is 31.0 Å². The van der Waals surface area contributed by atoms with E-state index in [9.17, 15) is 14.0 Å². The van der Waals surface area contributed by atoms with Crippen LogP contribution in [-0.2, 0) is 24.1 Å². The Bertz CT molecular complexity index is 1510. The van der Waals surface area contributed by atoms with Crippen LogP contribution in [-0.4, -0.2) is 28.6 Å².